The van der Waals surface area contributed by atoms with E-state index in [0.29, 0.717) is 17.8 Å². The summed E-state index contributed by atoms with van der Waals surface area (Å²) >= 11 is 0. The van der Waals surface area contributed by atoms with Gasteiger partial charge in [-0.2, -0.15) is 13.2 Å². The number of hydrogen-bond acceptors (Lipinski definition) is 3. The van der Waals surface area contributed by atoms with Crippen LogP contribution in [0.4, 0.5) is 18.9 Å². The van der Waals surface area contributed by atoms with Crippen molar-refractivity contribution >= 4 is 11.6 Å². The number of likely N-dealkylation sites (N-methyl/N-ethyl adjacent to an activating group) is 1. The molecule has 1 aromatic carbocycles. The van der Waals surface area contributed by atoms with Crippen LogP contribution in [0.15, 0.2) is 24.3 Å². The van der Waals surface area contributed by atoms with Crippen LogP contribution in [0.25, 0.3) is 0 Å². The molecule has 1 amide bonds. The first-order valence-electron chi connectivity index (χ1n) is 6.05. The molecule has 0 saturated heterocycles. The molecule has 0 saturated carbocycles. The smallest absolute Gasteiger partial charge is 0.399 e. The molecule has 4 nitrogen and oxygen atoms in total. The minimum absolute atomic E-state index is 0.000141. The predicted molar refractivity (Wildman–Crippen MR) is 70.9 cm³/mol. The van der Waals surface area contributed by atoms with Gasteiger partial charge in [0.1, 0.15) is 0 Å². The van der Waals surface area contributed by atoms with Crippen molar-refractivity contribution in [3.8, 4) is 0 Å². The molecule has 0 unspecified atom stereocenters. The van der Waals surface area contributed by atoms with E-state index >= 15 is 0 Å². The lowest BCUT2D eigenvalue weighted by Gasteiger charge is -2.25. The lowest BCUT2D eigenvalue weighted by Crippen LogP contribution is -2.43. The summed E-state index contributed by atoms with van der Waals surface area (Å²) in [5, 5.41) is 0. The summed E-state index contributed by atoms with van der Waals surface area (Å²) in [6, 6.07) is 6.49. The second kappa shape index (κ2) is 6.60. The van der Waals surface area contributed by atoms with Crippen molar-refractivity contribution in [2.75, 3.05) is 32.9 Å². The number of benzene rings is 1. The van der Waals surface area contributed by atoms with E-state index in [1.54, 1.807) is 43.3 Å². The van der Waals surface area contributed by atoms with Crippen LogP contribution < -0.4 is 5.73 Å². The molecular weight excluding hydrogens is 271 g/mol. The summed E-state index contributed by atoms with van der Waals surface area (Å²) in [7, 11) is 3.47. The van der Waals surface area contributed by atoms with Crippen LogP contribution in [0.5, 0.6) is 0 Å². The molecule has 2 N–H and O–H groups in total. The van der Waals surface area contributed by atoms with E-state index in [-0.39, 0.29) is 13.1 Å². The van der Waals surface area contributed by atoms with Gasteiger partial charge in [-0.15, -0.1) is 0 Å². The minimum atomic E-state index is -4.87. The van der Waals surface area contributed by atoms with Crippen LogP contribution in [0.2, 0.25) is 0 Å². The number of rotatable bonds is 5. The van der Waals surface area contributed by atoms with Crippen LogP contribution in [-0.2, 0) is 11.3 Å². The van der Waals surface area contributed by atoms with Crippen LogP contribution in [-0.4, -0.2) is 49.1 Å². The van der Waals surface area contributed by atoms with Crippen molar-refractivity contribution in [2.24, 2.45) is 0 Å². The summed E-state index contributed by atoms with van der Waals surface area (Å²) in [6.07, 6.45) is -4.87. The quantitative estimate of drug-likeness (QED) is 0.840. The fraction of sp³-hybridized carbons (Fsp3) is 0.462. The van der Waals surface area contributed by atoms with Crippen LogP contribution in [0.1, 0.15) is 5.56 Å². The van der Waals surface area contributed by atoms with Gasteiger partial charge in [-0.05, 0) is 31.8 Å². The lowest BCUT2D eigenvalue weighted by atomic mass is 10.2. The standard InChI is InChI=1S/C13H18F3N3O/c1-18(2)6-7-19(12(20)13(14,15)16)9-10-4-3-5-11(17)8-10/h3-5,8H,6-7,9,17H2,1-2H3. The van der Waals surface area contributed by atoms with Crippen molar-refractivity contribution in [3.05, 3.63) is 29.8 Å². The Hall–Kier alpha value is -1.76. The van der Waals surface area contributed by atoms with Gasteiger partial charge in [0.05, 0.1) is 0 Å². The van der Waals surface area contributed by atoms with Crippen molar-refractivity contribution in [1.29, 1.82) is 0 Å². The van der Waals surface area contributed by atoms with E-state index in [9.17, 15) is 18.0 Å². The van der Waals surface area contributed by atoms with Crippen LogP contribution in [0, 0.1) is 0 Å². The fourth-order valence-electron chi connectivity index (χ4n) is 1.66. The highest BCUT2D eigenvalue weighted by molar-refractivity contribution is 5.81. The number of hydrogen-bond donors (Lipinski definition) is 1. The van der Waals surface area contributed by atoms with Gasteiger partial charge >= 0.3 is 12.1 Å². The third kappa shape index (κ3) is 5.08. The summed E-state index contributed by atoms with van der Waals surface area (Å²) in [5.41, 5.74) is 6.61. The molecule has 0 fully saturated rings. The summed E-state index contributed by atoms with van der Waals surface area (Å²) < 4.78 is 37.7. The van der Waals surface area contributed by atoms with Gasteiger partial charge < -0.3 is 15.5 Å². The first-order valence-corrected chi connectivity index (χ1v) is 6.05. The Morgan fingerprint density at radius 1 is 1.25 bits per heavy atom. The highest BCUT2D eigenvalue weighted by Gasteiger charge is 2.42. The number of carbonyl (C=O) groups excluding carboxylic acids is 1. The lowest BCUT2D eigenvalue weighted by molar-refractivity contribution is -0.186. The molecule has 112 valence electrons. The molecule has 1 rings (SSSR count). The van der Waals surface area contributed by atoms with E-state index < -0.39 is 12.1 Å². The zero-order chi connectivity index (χ0) is 15.3. The van der Waals surface area contributed by atoms with Gasteiger partial charge in [0.2, 0.25) is 0 Å². The number of nitrogens with zero attached hydrogens (tertiary/aromatic N) is 2. The van der Waals surface area contributed by atoms with Crippen LogP contribution in [0.3, 0.4) is 0 Å². The number of halogens is 3. The molecule has 0 spiro atoms. The molecular formula is C13H18F3N3O. The number of anilines is 1. The first-order chi connectivity index (χ1) is 9.20. The average Bonchev–Trinajstić information content (AvgIpc) is 2.32. The van der Waals surface area contributed by atoms with Gasteiger partial charge in [-0.25, -0.2) is 0 Å². The Labute approximate surface area is 116 Å². The van der Waals surface area contributed by atoms with E-state index in [1.807, 2.05) is 0 Å². The minimum Gasteiger partial charge on any atom is -0.399 e. The van der Waals surface area contributed by atoms with Gasteiger partial charge in [0.15, 0.2) is 0 Å². The van der Waals surface area contributed by atoms with Crippen LogP contribution >= 0.6 is 0 Å². The maximum atomic E-state index is 12.6. The zero-order valence-corrected chi connectivity index (χ0v) is 11.4. The topological polar surface area (TPSA) is 49.6 Å². The Balaban J connectivity index is 2.84. The number of alkyl halides is 3. The number of nitrogens with two attached hydrogens (primary N) is 1. The second-order valence-corrected chi connectivity index (χ2v) is 4.77. The Bertz CT molecular complexity index is 460. The molecule has 0 aliphatic rings. The molecule has 0 aliphatic heterocycles. The third-order valence-corrected chi connectivity index (χ3v) is 2.67. The maximum absolute atomic E-state index is 12.6. The molecule has 0 radical (unpaired) electrons. The van der Waals surface area contributed by atoms with E-state index in [0.717, 1.165) is 4.90 Å². The summed E-state index contributed by atoms with van der Waals surface area (Å²) in [4.78, 5) is 13.9. The molecule has 0 atom stereocenters. The van der Waals surface area contributed by atoms with Crippen molar-refractivity contribution in [3.63, 3.8) is 0 Å². The van der Waals surface area contributed by atoms with Crippen molar-refractivity contribution in [1.82, 2.24) is 9.80 Å². The van der Waals surface area contributed by atoms with E-state index in [2.05, 4.69) is 0 Å². The highest BCUT2D eigenvalue weighted by Crippen LogP contribution is 2.20. The molecule has 7 heteroatoms. The van der Waals surface area contributed by atoms with E-state index in [1.165, 1.54) is 0 Å². The second-order valence-electron chi connectivity index (χ2n) is 4.77. The molecule has 0 aromatic heterocycles. The number of amides is 1. The molecule has 20 heavy (non-hydrogen) atoms. The van der Waals surface area contributed by atoms with Gasteiger partial charge in [0, 0.05) is 25.3 Å². The first kappa shape index (κ1) is 16.3. The molecule has 0 heterocycles. The van der Waals surface area contributed by atoms with Gasteiger partial charge in [-0.3, -0.25) is 4.79 Å². The normalized spacial score (nSPS) is 11.7. The average molecular weight is 289 g/mol. The highest BCUT2D eigenvalue weighted by atomic mass is 19.4. The fourth-order valence-corrected chi connectivity index (χ4v) is 1.66. The Morgan fingerprint density at radius 2 is 1.90 bits per heavy atom. The van der Waals surface area contributed by atoms with E-state index in [4.69, 9.17) is 5.73 Å². The van der Waals surface area contributed by atoms with Gasteiger partial charge in [-0.1, -0.05) is 12.1 Å². The largest absolute Gasteiger partial charge is 0.471 e. The predicted octanol–water partition coefficient (Wildman–Crippen LogP) is 1.72. The molecule has 0 bridgehead atoms. The number of carbonyl (C=O) groups is 1. The Morgan fingerprint density at radius 3 is 2.40 bits per heavy atom. The number of nitrogen functional groups attached to an aromatic ring is 1. The van der Waals surface area contributed by atoms with Crippen molar-refractivity contribution in [2.45, 2.75) is 12.7 Å². The maximum Gasteiger partial charge on any atom is 0.471 e. The molecule has 1 aromatic rings. The van der Waals surface area contributed by atoms with Crippen molar-refractivity contribution < 1.29 is 18.0 Å². The molecule has 0 aliphatic carbocycles. The Kier molecular flexibility index (Phi) is 5.38. The summed E-state index contributed by atoms with van der Waals surface area (Å²) in [5.74, 6) is -1.83. The summed E-state index contributed by atoms with van der Waals surface area (Å²) in [6.45, 7) is 0.238. The third-order valence-electron chi connectivity index (χ3n) is 2.67. The monoisotopic (exact) mass is 289 g/mol. The van der Waals surface area contributed by atoms with Gasteiger partial charge in [0.25, 0.3) is 0 Å². The SMILES string of the molecule is CN(C)CCN(Cc1cccc(N)c1)C(=O)C(F)(F)F. The zero-order valence-electron chi connectivity index (χ0n) is 11.4.